The molecule has 0 aliphatic carbocycles. The number of anilines is 1. The highest BCUT2D eigenvalue weighted by atomic mass is 16.2. The molecule has 0 aliphatic rings. The first-order valence-corrected chi connectivity index (χ1v) is 5.67. The van der Waals surface area contributed by atoms with Gasteiger partial charge in [-0.1, -0.05) is 0 Å². The molecular weight excluding hydrogens is 230 g/mol. The maximum atomic E-state index is 11.7. The molecule has 0 fully saturated rings. The van der Waals surface area contributed by atoms with Gasteiger partial charge in [0.1, 0.15) is 0 Å². The topological polar surface area (TPSA) is 52.7 Å². The Balaban J connectivity index is 2.61. The molecule has 0 saturated heterocycles. The monoisotopic (exact) mass is 249 g/mol. The molecule has 5 nitrogen and oxygen atoms in total. The van der Waals surface area contributed by atoms with Crippen molar-refractivity contribution < 1.29 is 9.59 Å². The molecule has 0 heterocycles. The van der Waals surface area contributed by atoms with Crippen LogP contribution in [0.2, 0.25) is 0 Å². The molecule has 0 spiro atoms. The minimum absolute atomic E-state index is 0.00319. The zero-order chi connectivity index (χ0) is 13.7. The van der Waals surface area contributed by atoms with Gasteiger partial charge in [0.15, 0.2) is 0 Å². The summed E-state index contributed by atoms with van der Waals surface area (Å²) >= 11 is 0. The first-order chi connectivity index (χ1) is 8.41. The Morgan fingerprint density at radius 1 is 1.00 bits per heavy atom. The third-order valence-corrected chi connectivity index (χ3v) is 2.48. The molecule has 1 N–H and O–H groups in total. The van der Waals surface area contributed by atoms with Crippen LogP contribution in [0.4, 0.5) is 5.69 Å². The number of benzene rings is 1. The lowest BCUT2D eigenvalue weighted by atomic mass is 10.2. The summed E-state index contributed by atoms with van der Waals surface area (Å²) in [5, 5.41) is 3.01. The molecule has 5 heteroatoms. The van der Waals surface area contributed by atoms with E-state index in [0.29, 0.717) is 5.56 Å². The molecule has 0 aliphatic heterocycles. The van der Waals surface area contributed by atoms with Crippen LogP contribution < -0.4 is 5.32 Å². The van der Waals surface area contributed by atoms with E-state index in [9.17, 15) is 9.59 Å². The number of carbonyl (C=O) groups excluding carboxylic acids is 2. The quantitative estimate of drug-likeness (QED) is 0.862. The molecule has 0 bridgehead atoms. The van der Waals surface area contributed by atoms with Crippen LogP contribution in [-0.2, 0) is 4.79 Å². The van der Waals surface area contributed by atoms with Crippen molar-refractivity contribution in [3.63, 3.8) is 0 Å². The Morgan fingerprint density at radius 3 is 2.00 bits per heavy atom. The second kappa shape index (κ2) is 6.05. The van der Waals surface area contributed by atoms with Crippen LogP contribution in [0, 0.1) is 0 Å². The van der Waals surface area contributed by atoms with E-state index < -0.39 is 0 Å². The van der Waals surface area contributed by atoms with Gasteiger partial charge in [0.25, 0.3) is 5.91 Å². The average molecular weight is 249 g/mol. The van der Waals surface area contributed by atoms with Crippen LogP contribution in [-0.4, -0.2) is 56.3 Å². The van der Waals surface area contributed by atoms with E-state index in [-0.39, 0.29) is 18.4 Å². The SMILES string of the molecule is CN(C)C(=O)CNc1ccc(C(=O)N(C)C)cc1. The number of hydrogen-bond donors (Lipinski definition) is 1. The van der Waals surface area contributed by atoms with Crippen molar-refractivity contribution in [1.29, 1.82) is 0 Å². The number of amides is 2. The van der Waals surface area contributed by atoms with E-state index in [1.54, 1.807) is 52.5 Å². The van der Waals surface area contributed by atoms with E-state index in [1.165, 1.54) is 9.80 Å². The predicted molar refractivity (Wildman–Crippen MR) is 71.6 cm³/mol. The highest BCUT2D eigenvalue weighted by Crippen LogP contribution is 2.10. The molecule has 0 unspecified atom stereocenters. The van der Waals surface area contributed by atoms with Gasteiger partial charge < -0.3 is 15.1 Å². The molecule has 0 saturated carbocycles. The van der Waals surface area contributed by atoms with Crippen molar-refractivity contribution in [2.24, 2.45) is 0 Å². The van der Waals surface area contributed by atoms with Crippen LogP contribution in [0.1, 0.15) is 10.4 Å². The zero-order valence-corrected chi connectivity index (χ0v) is 11.2. The van der Waals surface area contributed by atoms with Crippen LogP contribution in [0.15, 0.2) is 24.3 Å². The summed E-state index contributed by atoms with van der Waals surface area (Å²) in [5.74, 6) is -0.0330. The largest absolute Gasteiger partial charge is 0.376 e. The van der Waals surface area contributed by atoms with Crippen LogP contribution in [0.3, 0.4) is 0 Å². The lowest BCUT2D eigenvalue weighted by Gasteiger charge is -2.13. The van der Waals surface area contributed by atoms with Crippen molar-refractivity contribution >= 4 is 17.5 Å². The minimum atomic E-state index is -0.0362. The van der Waals surface area contributed by atoms with Crippen molar-refractivity contribution in [2.75, 3.05) is 40.1 Å². The fourth-order valence-corrected chi connectivity index (χ4v) is 1.32. The van der Waals surface area contributed by atoms with Gasteiger partial charge >= 0.3 is 0 Å². The van der Waals surface area contributed by atoms with Crippen LogP contribution in [0.5, 0.6) is 0 Å². The van der Waals surface area contributed by atoms with Crippen molar-refractivity contribution in [1.82, 2.24) is 9.80 Å². The number of likely N-dealkylation sites (N-methyl/N-ethyl adjacent to an activating group) is 1. The summed E-state index contributed by atoms with van der Waals surface area (Å²) in [6, 6.07) is 7.06. The molecule has 18 heavy (non-hydrogen) atoms. The van der Waals surface area contributed by atoms with E-state index >= 15 is 0 Å². The summed E-state index contributed by atoms with van der Waals surface area (Å²) in [6.45, 7) is 0.244. The first-order valence-electron chi connectivity index (χ1n) is 5.67. The van der Waals surface area contributed by atoms with Gasteiger partial charge in [-0.05, 0) is 24.3 Å². The molecule has 1 rings (SSSR count). The number of carbonyl (C=O) groups is 2. The second-order valence-electron chi connectivity index (χ2n) is 4.42. The maximum Gasteiger partial charge on any atom is 0.253 e. The second-order valence-corrected chi connectivity index (χ2v) is 4.42. The molecule has 0 atom stereocenters. The number of nitrogens with one attached hydrogen (secondary N) is 1. The summed E-state index contributed by atoms with van der Waals surface area (Å²) in [5.41, 5.74) is 1.45. The third kappa shape index (κ3) is 3.76. The van der Waals surface area contributed by atoms with E-state index in [4.69, 9.17) is 0 Å². The normalized spacial score (nSPS) is 9.78. The molecular formula is C13H19N3O2. The van der Waals surface area contributed by atoms with Gasteiger partial charge in [0.05, 0.1) is 6.54 Å². The van der Waals surface area contributed by atoms with Crippen molar-refractivity contribution in [2.45, 2.75) is 0 Å². The molecule has 1 aromatic rings. The van der Waals surface area contributed by atoms with Crippen LogP contribution in [0.25, 0.3) is 0 Å². The fourth-order valence-electron chi connectivity index (χ4n) is 1.32. The molecule has 0 radical (unpaired) electrons. The Bertz CT molecular complexity index is 424. The minimum Gasteiger partial charge on any atom is -0.376 e. The Labute approximate surface area is 107 Å². The summed E-state index contributed by atoms with van der Waals surface area (Å²) in [4.78, 5) is 26.1. The van der Waals surface area contributed by atoms with Crippen molar-refractivity contribution in [3.05, 3.63) is 29.8 Å². The Morgan fingerprint density at radius 2 is 1.56 bits per heavy atom. The standard InChI is InChI=1S/C13H19N3O2/c1-15(2)12(17)9-14-11-7-5-10(6-8-11)13(18)16(3)4/h5-8,14H,9H2,1-4H3. The predicted octanol–water partition coefficient (Wildman–Crippen LogP) is 0.888. The van der Waals surface area contributed by atoms with E-state index in [1.807, 2.05) is 0 Å². The van der Waals surface area contributed by atoms with Gasteiger partial charge in [0.2, 0.25) is 5.91 Å². The molecule has 2 amide bonds. The lowest BCUT2D eigenvalue weighted by Crippen LogP contribution is -2.28. The summed E-state index contributed by atoms with van der Waals surface area (Å²) < 4.78 is 0. The van der Waals surface area contributed by atoms with E-state index in [0.717, 1.165) is 5.69 Å². The number of nitrogens with zero attached hydrogens (tertiary/aromatic N) is 2. The zero-order valence-electron chi connectivity index (χ0n) is 11.2. The smallest absolute Gasteiger partial charge is 0.253 e. The van der Waals surface area contributed by atoms with Gasteiger partial charge in [0, 0.05) is 39.4 Å². The Hall–Kier alpha value is -2.04. The highest BCUT2D eigenvalue weighted by Gasteiger charge is 2.07. The number of rotatable bonds is 4. The summed E-state index contributed by atoms with van der Waals surface area (Å²) in [6.07, 6.45) is 0. The maximum absolute atomic E-state index is 11.7. The fraction of sp³-hybridized carbons (Fsp3) is 0.385. The molecule has 0 aromatic heterocycles. The van der Waals surface area contributed by atoms with Gasteiger partial charge in [-0.2, -0.15) is 0 Å². The molecule has 98 valence electrons. The first kappa shape index (κ1) is 14.0. The number of hydrogen-bond acceptors (Lipinski definition) is 3. The van der Waals surface area contributed by atoms with Gasteiger partial charge in [-0.25, -0.2) is 0 Å². The van der Waals surface area contributed by atoms with Gasteiger partial charge in [-0.3, -0.25) is 9.59 Å². The lowest BCUT2D eigenvalue weighted by molar-refractivity contribution is -0.126. The third-order valence-electron chi connectivity index (χ3n) is 2.48. The van der Waals surface area contributed by atoms with Gasteiger partial charge in [-0.15, -0.1) is 0 Å². The van der Waals surface area contributed by atoms with Crippen molar-refractivity contribution in [3.8, 4) is 0 Å². The molecule has 1 aromatic carbocycles. The average Bonchev–Trinajstić information content (AvgIpc) is 2.35. The highest BCUT2D eigenvalue weighted by molar-refractivity contribution is 5.94. The van der Waals surface area contributed by atoms with E-state index in [2.05, 4.69) is 5.32 Å². The van der Waals surface area contributed by atoms with Crippen LogP contribution >= 0.6 is 0 Å². The summed E-state index contributed by atoms with van der Waals surface area (Å²) in [7, 11) is 6.85. The Kier molecular flexibility index (Phi) is 4.71.